The van der Waals surface area contributed by atoms with E-state index in [0.717, 1.165) is 12.5 Å². The van der Waals surface area contributed by atoms with Gasteiger partial charge >= 0.3 is 0 Å². The van der Waals surface area contributed by atoms with Crippen molar-refractivity contribution in [3.8, 4) is 0 Å². The SMILES string of the molecule is C1=COC(CNCCCC2CCCC2)CC1. The highest BCUT2D eigenvalue weighted by Gasteiger charge is 2.14. The van der Waals surface area contributed by atoms with Crippen molar-refractivity contribution < 1.29 is 4.74 Å². The second-order valence-electron chi connectivity index (χ2n) is 5.20. The molecular formula is C14H25NO. The van der Waals surface area contributed by atoms with Crippen molar-refractivity contribution in [3.63, 3.8) is 0 Å². The minimum Gasteiger partial charge on any atom is -0.497 e. The molecule has 2 heteroatoms. The largest absolute Gasteiger partial charge is 0.497 e. The molecule has 1 saturated carbocycles. The highest BCUT2D eigenvalue weighted by atomic mass is 16.5. The van der Waals surface area contributed by atoms with Crippen molar-refractivity contribution in [2.75, 3.05) is 13.1 Å². The second kappa shape index (κ2) is 6.95. The van der Waals surface area contributed by atoms with E-state index < -0.39 is 0 Å². The third-order valence-electron chi connectivity index (χ3n) is 3.84. The molecule has 2 nitrogen and oxygen atoms in total. The lowest BCUT2D eigenvalue weighted by Crippen LogP contribution is -2.29. The molecule has 0 saturated heterocycles. The van der Waals surface area contributed by atoms with E-state index in [1.165, 1.54) is 57.9 Å². The molecule has 16 heavy (non-hydrogen) atoms. The second-order valence-corrected chi connectivity index (χ2v) is 5.20. The quantitative estimate of drug-likeness (QED) is 0.698. The summed E-state index contributed by atoms with van der Waals surface area (Å²) < 4.78 is 5.51. The van der Waals surface area contributed by atoms with E-state index in [4.69, 9.17) is 4.74 Å². The van der Waals surface area contributed by atoms with Gasteiger partial charge in [-0.1, -0.05) is 25.7 Å². The highest BCUT2D eigenvalue weighted by Crippen LogP contribution is 2.28. The predicted octanol–water partition coefficient (Wildman–Crippen LogP) is 3.24. The van der Waals surface area contributed by atoms with Gasteiger partial charge in [-0.15, -0.1) is 0 Å². The zero-order valence-corrected chi connectivity index (χ0v) is 10.3. The first-order valence-corrected chi connectivity index (χ1v) is 6.96. The normalized spacial score (nSPS) is 25.9. The topological polar surface area (TPSA) is 21.3 Å². The van der Waals surface area contributed by atoms with E-state index in [9.17, 15) is 0 Å². The molecule has 0 bridgehead atoms. The minimum absolute atomic E-state index is 0.413. The Hall–Kier alpha value is -0.500. The van der Waals surface area contributed by atoms with Crippen LogP contribution in [0.25, 0.3) is 0 Å². The average Bonchev–Trinajstić information content (AvgIpc) is 2.83. The van der Waals surface area contributed by atoms with Gasteiger partial charge in [0.2, 0.25) is 0 Å². The fourth-order valence-corrected chi connectivity index (χ4v) is 2.81. The standard InChI is InChI=1S/C14H25NO/c1-2-7-13(6-1)8-5-10-15-12-14-9-3-4-11-16-14/h4,11,13-15H,1-3,5-10,12H2. The van der Waals surface area contributed by atoms with E-state index in [2.05, 4.69) is 11.4 Å². The molecule has 1 atom stereocenters. The summed E-state index contributed by atoms with van der Waals surface area (Å²) >= 11 is 0. The average molecular weight is 223 g/mol. The van der Waals surface area contributed by atoms with Crippen LogP contribution in [0, 0.1) is 5.92 Å². The van der Waals surface area contributed by atoms with Gasteiger partial charge in [0.15, 0.2) is 0 Å². The fourth-order valence-electron chi connectivity index (χ4n) is 2.81. The third-order valence-corrected chi connectivity index (χ3v) is 3.84. The summed E-state index contributed by atoms with van der Waals surface area (Å²) in [4.78, 5) is 0. The molecule has 2 rings (SSSR count). The van der Waals surface area contributed by atoms with Gasteiger partial charge in [-0.2, -0.15) is 0 Å². The highest BCUT2D eigenvalue weighted by molar-refractivity contribution is 4.82. The summed E-state index contributed by atoms with van der Waals surface area (Å²) in [6.07, 6.45) is 15.4. The minimum atomic E-state index is 0.413. The Bertz CT molecular complexity index is 209. The van der Waals surface area contributed by atoms with Gasteiger partial charge in [0.25, 0.3) is 0 Å². The number of allylic oxidation sites excluding steroid dienone is 1. The van der Waals surface area contributed by atoms with Crippen LogP contribution in [0.4, 0.5) is 0 Å². The summed E-state index contributed by atoms with van der Waals surface area (Å²) in [6, 6.07) is 0. The van der Waals surface area contributed by atoms with Gasteiger partial charge in [0, 0.05) is 6.54 Å². The molecular weight excluding hydrogens is 198 g/mol. The molecule has 0 aromatic heterocycles. The van der Waals surface area contributed by atoms with Crippen molar-refractivity contribution >= 4 is 0 Å². The predicted molar refractivity (Wildman–Crippen MR) is 67.3 cm³/mol. The molecule has 1 fully saturated rings. The van der Waals surface area contributed by atoms with Gasteiger partial charge in [-0.25, -0.2) is 0 Å². The van der Waals surface area contributed by atoms with Crippen molar-refractivity contribution in [1.82, 2.24) is 5.32 Å². The van der Waals surface area contributed by atoms with Crippen LogP contribution in [-0.2, 0) is 4.74 Å². The monoisotopic (exact) mass is 223 g/mol. The maximum Gasteiger partial charge on any atom is 0.110 e. The van der Waals surface area contributed by atoms with Crippen LogP contribution in [0.1, 0.15) is 51.4 Å². The molecule has 0 aromatic rings. The van der Waals surface area contributed by atoms with E-state index in [0.29, 0.717) is 6.10 Å². The number of ether oxygens (including phenoxy) is 1. The summed E-state index contributed by atoms with van der Waals surface area (Å²) in [5, 5.41) is 3.52. The van der Waals surface area contributed by atoms with Gasteiger partial charge in [-0.05, 0) is 44.2 Å². The Morgan fingerprint density at radius 2 is 2.06 bits per heavy atom. The van der Waals surface area contributed by atoms with Crippen LogP contribution in [0.15, 0.2) is 12.3 Å². The van der Waals surface area contributed by atoms with Crippen LogP contribution in [-0.4, -0.2) is 19.2 Å². The third kappa shape index (κ3) is 4.17. The molecule has 2 aliphatic rings. The smallest absolute Gasteiger partial charge is 0.110 e. The number of hydrogen-bond donors (Lipinski definition) is 1. The zero-order chi connectivity index (χ0) is 11.1. The van der Waals surface area contributed by atoms with Crippen LogP contribution in [0.5, 0.6) is 0 Å². The molecule has 1 heterocycles. The Kier molecular flexibility index (Phi) is 5.20. The van der Waals surface area contributed by atoms with Gasteiger partial charge < -0.3 is 10.1 Å². The Morgan fingerprint density at radius 3 is 2.81 bits per heavy atom. The molecule has 0 radical (unpaired) electrons. The lowest BCUT2D eigenvalue weighted by atomic mass is 10.0. The summed E-state index contributed by atoms with van der Waals surface area (Å²) in [7, 11) is 0. The molecule has 0 aromatic carbocycles. The summed E-state index contributed by atoms with van der Waals surface area (Å²) in [6.45, 7) is 2.19. The molecule has 1 aliphatic carbocycles. The molecule has 0 spiro atoms. The molecule has 1 unspecified atom stereocenters. The summed E-state index contributed by atoms with van der Waals surface area (Å²) in [5.74, 6) is 1.04. The van der Waals surface area contributed by atoms with E-state index >= 15 is 0 Å². The fraction of sp³-hybridized carbons (Fsp3) is 0.857. The lowest BCUT2D eigenvalue weighted by Gasteiger charge is -2.19. The van der Waals surface area contributed by atoms with Crippen LogP contribution >= 0.6 is 0 Å². The van der Waals surface area contributed by atoms with E-state index in [1.807, 2.05) is 6.26 Å². The van der Waals surface area contributed by atoms with Crippen molar-refractivity contribution in [2.24, 2.45) is 5.92 Å². The number of nitrogens with one attached hydrogen (secondary N) is 1. The maximum absolute atomic E-state index is 5.51. The first-order valence-electron chi connectivity index (χ1n) is 6.96. The number of hydrogen-bond acceptors (Lipinski definition) is 2. The van der Waals surface area contributed by atoms with Gasteiger partial charge in [0.1, 0.15) is 6.10 Å². The zero-order valence-electron chi connectivity index (χ0n) is 10.3. The van der Waals surface area contributed by atoms with Gasteiger partial charge in [0.05, 0.1) is 6.26 Å². The van der Waals surface area contributed by atoms with E-state index in [-0.39, 0.29) is 0 Å². The Balaban J connectivity index is 1.44. The lowest BCUT2D eigenvalue weighted by molar-refractivity contribution is 0.122. The van der Waals surface area contributed by atoms with Crippen molar-refractivity contribution in [3.05, 3.63) is 12.3 Å². The van der Waals surface area contributed by atoms with Crippen molar-refractivity contribution in [2.45, 2.75) is 57.5 Å². The first kappa shape index (κ1) is 12.0. The van der Waals surface area contributed by atoms with E-state index in [1.54, 1.807) is 0 Å². The van der Waals surface area contributed by atoms with Crippen LogP contribution < -0.4 is 5.32 Å². The molecule has 0 amide bonds. The van der Waals surface area contributed by atoms with Crippen LogP contribution in [0.2, 0.25) is 0 Å². The molecule has 1 aliphatic heterocycles. The molecule has 92 valence electrons. The maximum atomic E-state index is 5.51. The summed E-state index contributed by atoms with van der Waals surface area (Å²) in [5.41, 5.74) is 0. The Labute approximate surface area is 99.4 Å². The van der Waals surface area contributed by atoms with Gasteiger partial charge in [-0.3, -0.25) is 0 Å². The Morgan fingerprint density at radius 1 is 1.19 bits per heavy atom. The molecule has 1 N–H and O–H groups in total. The number of rotatable bonds is 6. The first-order chi connectivity index (χ1) is 7.95. The van der Waals surface area contributed by atoms with Crippen LogP contribution in [0.3, 0.4) is 0 Å². The van der Waals surface area contributed by atoms with Crippen molar-refractivity contribution in [1.29, 1.82) is 0 Å².